The van der Waals surface area contributed by atoms with Crippen molar-refractivity contribution in [2.24, 2.45) is 11.8 Å². The van der Waals surface area contributed by atoms with Crippen LogP contribution in [0.2, 0.25) is 10.0 Å². The fraction of sp³-hybridized carbons (Fsp3) is 0.306. The number of hydrogen-bond acceptors (Lipinski definition) is 5. The van der Waals surface area contributed by atoms with Crippen molar-refractivity contribution in [3.63, 3.8) is 0 Å². The Morgan fingerprint density at radius 1 is 0.600 bits per heavy atom. The largest absolute Gasteiger partial charge is 0.299 e. The third kappa shape index (κ3) is 6.12. The molecule has 0 aliphatic heterocycles. The lowest BCUT2D eigenvalue weighted by Crippen LogP contribution is -2.53. The molecule has 2 aliphatic carbocycles. The topological polar surface area (TPSA) is 85.3 Å². The van der Waals surface area contributed by atoms with Crippen LogP contribution < -0.4 is 0 Å². The van der Waals surface area contributed by atoms with Crippen LogP contribution in [-0.4, -0.2) is 33.1 Å². The van der Waals surface area contributed by atoms with E-state index in [1.54, 1.807) is 54.6 Å². The molecule has 5 nitrogen and oxygen atoms in total. The lowest BCUT2D eigenvalue weighted by atomic mass is 9.61. The minimum atomic E-state index is -3.99. The third-order valence-corrected chi connectivity index (χ3v) is 14.7. The molecule has 2 unspecified atom stereocenters. The fourth-order valence-corrected chi connectivity index (χ4v) is 12.0. The minimum absolute atomic E-state index is 0.0147. The first-order chi connectivity index (χ1) is 21.4. The summed E-state index contributed by atoms with van der Waals surface area (Å²) in [6, 6.07) is 27.7. The maximum absolute atomic E-state index is 14.6. The van der Waals surface area contributed by atoms with Crippen LogP contribution >= 0.6 is 23.2 Å². The second-order valence-electron chi connectivity index (χ2n) is 12.5. The monoisotopic (exact) mass is 680 g/mol. The molecule has 0 aromatic heterocycles. The molecule has 2 aliphatic rings. The summed E-state index contributed by atoms with van der Waals surface area (Å²) in [5, 5.41) is -1.00. The van der Waals surface area contributed by atoms with E-state index in [4.69, 9.17) is 23.2 Å². The van der Waals surface area contributed by atoms with Crippen LogP contribution in [0.1, 0.15) is 53.4 Å². The molecule has 0 saturated heterocycles. The van der Waals surface area contributed by atoms with Crippen LogP contribution in [0.5, 0.6) is 0 Å². The summed E-state index contributed by atoms with van der Waals surface area (Å²) >= 11 is 12.5. The van der Waals surface area contributed by atoms with Gasteiger partial charge in [-0.15, -0.1) is 0 Å². The molecule has 4 aromatic rings. The predicted molar refractivity (Wildman–Crippen MR) is 179 cm³/mol. The second kappa shape index (κ2) is 12.3. The van der Waals surface area contributed by atoms with Gasteiger partial charge in [-0.25, -0.2) is 16.8 Å². The van der Waals surface area contributed by atoms with E-state index in [1.165, 1.54) is 12.1 Å². The number of fused-ring (bicyclic) bond motifs is 1. The number of carbonyl (C=O) groups excluding carboxylic acids is 1. The van der Waals surface area contributed by atoms with E-state index in [0.29, 0.717) is 15.6 Å². The molecular weight excluding hydrogens is 647 g/mol. The summed E-state index contributed by atoms with van der Waals surface area (Å²) in [4.78, 5) is 14.4. The number of rotatable bonds is 6. The van der Waals surface area contributed by atoms with Crippen LogP contribution in [0, 0.1) is 25.7 Å². The van der Waals surface area contributed by atoms with E-state index in [2.05, 4.69) is 0 Å². The van der Waals surface area contributed by atoms with Crippen molar-refractivity contribution in [1.29, 1.82) is 0 Å². The van der Waals surface area contributed by atoms with Crippen molar-refractivity contribution in [2.45, 2.75) is 65.2 Å². The first-order valence-electron chi connectivity index (χ1n) is 15.0. The molecule has 0 N–H and O–H groups in total. The van der Waals surface area contributed by atoms with Crippen molar-refractivity contribution < 1.29 is 21.6 Å². The summed E-state index contributed by atoms with van der Waals surface area (Å²) in [5.41, 5.74) is 3.46. The number of halogens is 2. The highest BCUT2D eigenvalue weighted by atomic mass is 35.5. The zero-order valence-corrected chi connectivity index (χ0v) is 28.1. The van der Waals surface area contributed by atoms with Crippen molar-refractivity contribution in [2.75, 3.05) is 0 Å². The molecule has 4 aromatic carbocycles. The normalized spacial score (nSPS) is 25.5. The van der Waals surface area contributed by atoms with Crippen LogP contribution in [-0.2, 0) is 24.5 Å². The molecule has 6 rings (SSSR count). The molecule has 0 bridgehead atoms. The maximum atomic E-state index is 14.6. The molecule has 234 valence electrons. The van der Waals surface area contributed by atoms with Gasteiger partial charge in [0.1, 0.15) is 5.78 Å². The molecule has 0 amide bonds. The average molecular weight is 682 g/mol. The number of ketones is 1. The van der Waals surface area contributed by atoms with Crippen molar-refractivity contribution in [1.82, 2.24) is 0 Å². The van der Waals surface area contributed by atoms with Gasteiger partial charge in [0, 0.05) is 34.2 Å². The lowest BCUT2D eigenvalue weighted by molar-refractivity contribution is -0.128. The van der Waals surface area contributed by atoms with E-state index < -0.39 is 53.8 Å². The lowest BCUT2D eigenvalue weighted by Gasteiger charge is -2.48. The standard InChI is InChI=1S/C36H34Cl2O5S2/c1-22-6-10-24(11-7-22)31-20-34(39)32-21-35(44(40,41)28-14-8-23(2)9-15-28)30(25-4-3-5-27(38)18-25)19-33(32)36(31)45(42,43)29-16-12-26(37)13-17-29/h3-18,30-33,35-36H,19-21H2,1-2H3/t30-,31-,32+,33-,35?,36?/m0/s1. The summed E-state index contributed by atoms with van der Waals surface area (Å²) in [6.45, 7) is 3.85. The Labute approximate surface area is 275 Å². The van der Waals surface area contributed by atoms with Crippen molar-refractivity contribution in [3.05, 3.63) is 129 Å². The molecule has 2 saturated carbocycles. The fourth-order valence-electron chi connectivity index (χ4n) is 7.40. The first-order valence-corrected chi connectivity index (χ1v) is 18.9. The van der Waals surface area contributed by atoms with E-state index in [9.17, 15) is 21.6 Å². The van der Waals surface area contributed by atoms with Gasteiger partial charge in [0.05, 0.1) is 20.3 Å². The van der Waals surface area contributed by atoms with Crippen LogP contribution in [0.15, 0.2) is 107 Å². The molecular formula is C36H34Cl2O5S2. The van der Waals surface area contributed by atoms with Crippen LogP contribution in [0.3, 0.4) is 0 Å². The third-order valence-electron chi connectivity index (χ3n) is 9.66. The van der Waals surface area contributed by atoms with Gasteiger partial charge in [-0.05, 0) is 92.3 Å². The summed E-state index contributed by atoms with van der Waals surface area (Å²) in [6.07, 6.45) is 0.247. The number of hydrogen-bond donors (Lipinski definition) is 0. The molecule has 45 heavy (non-hydrogen) atoms. The summed E-state index contributed by atoms with van der Waals surface area (Å²) in [7, 11) is -7.89. The van der Waals surface area contributed by atoms with Gasteiger partial charge < -0.3 is 0 Å². The Morgan fingerprint density at radius 2 is 1.18 bits per heavy atom. The van der Waals surface area contributed by atoms with E-state index in [0.717, 1.165) is 16.7 Å². The maximum Gasteiger partial charge on any atom is 0.182 e. The molecule has 0 radical (unpaired) electrons. The molecule has 9 heteroatoms. The van der Waals surface area contributed by atoms with E-state index in [-0.39, 0.29) is 34.8 Å². The highest BCUT2D eigenvalue weighted by Gasteiger charge is 2.56. The minimum Gasteiger partial charge on any atom is -0.299 e. The number of aryl methyl sites for hydroxylation is 2. The predicted octanol–water partition coefficient (Wildman–Crippen LogP) is 8.16. The van der Waals surface area contributed by atoms with Crippen LogP contribution in [0.4, 0.5) is 0 Å². The van der Waals surface area contributed by atoms with Crippen molar-refractivity contribution in [3.8, 4) is 0 Å². The smallest absolute Gasteiger partial charge is 0.182 e. The van der Waals surface area contributed by atoms with Crippen molar-refractivity contribution >= 4 is 48.7 Å². The Kier molecular flexibility index (Phi) is 8.76. The first kappa shape index (κ1) is 32.0. The second-order valence-corrected chi connectivity index (χ2v) is 17.6. The molecule has 6 atom stereocenters. The molecule has 0 heterocycles. The Balaban J connectivity index is 1.51. The van der Waals surface area contributed by atoms with Gasteiger partial charge in [-0.3, -0.25) is 4.79 Å². The number of sulfone groups is 2. The van der Waals surface area contributed by atoms with Gasteiger partial charge in [0.15, 0.2) is 19.7 Å². The quantitative estimate of drug-likeness (QED) is 0.205. The van der Waals surface area contributed by atoms with Gasteiger partial charge in [0.2, 0.25) is 0 Å². The van der Waals surface area contributed by atoms with E-state index in [1.807, 2.05) is 44.2 Å². The van der Waals surface area contributed by atoms with Gasteiger partial charge in [0.25, 0.3) is 0 Å². The number of benzene rings is 4. The number of Topliss-reactive ketones (excluding diaryl/α,β-unsaturated/α-hetero) is 1. The Bertz CT molecular complexity index is 1940. The zero-order chi connectivity index (χ0) is 32.1. The van der Waals surface area contributed by atoms with Gasteiger partial charge >= 0.3 is 0 Å². The Morgan fingerprint density at radius 3 is 1.80 bits per heavy atom. The van der Waals surface area contributed by atoms with Crippen LogP contribution in [0.25, 0.3) is 0 Å². The summed E-state index contributed by atoms with van der Waals surface area (Å²) < 4.78 is 57.9. The van der Waals surface area contributed by atoms with E-state index >= 15 is 0 Å². The van der Waals surface area contributed by atoms with Gasteiger partial charge in [-0.2, -0.15) is 0 Å². The molecule has 2 fully saturated rings. The highest BCUT2D eigenvalue weighted by Crippen LogP contribution is 2.54. The summed E-state index contributed by atoms with van der Waals surface area (Å²) in [5.74, 6) is -2.62. The molecule has 0 spiro atoms. The van der Waals surface area contributed by atoms with Gasteiger partial charge in [-0.1, -0.05) is 82.9 Å². The SMILES string of the molecule is Cc1ccc([C@@H]2CC(=O)[C@@H]3CC(S(=O)(=O)c4ccc(C)cc4)[C@H](c4cccc(Cl)c4)C[C@@H]3C2S(=O)(=O)c2ccc(Cl)cc2)cc1. The zero-order valence-electron chi connectivity index (χ0n) is 24.9. The highest BCUT2D eigenvalue weighted by molar-refractivity contribution is 7.92. The average Bonchev–Trinajstić information content (AvgIpc) is 3.01. The Hall–Kier alpha value is -2.97. The number of carbonyl (C=O) groups is 1.